The van der Waals surface area contributed by atoms with Crippen LogP contribution in [0.3, 0.4) is 0 Å². The van der Waals surface area contributed by atoms with Crippen LogP contribution in [-0.4, -0.2) is 24.8 Å². The van der Waals surface area contributed by atoms with Gasteiger partial charge in [-0.25, -0.2) is 4.79 Å². The van der Waals surface area contributed by atoms with Crippen molar-refractivity contribution in [2.24, 2.45) is 0 Å². The van der Waals surface area contributed by atoms with E-state index >= 15 is 0 Å². The fourth-order valence-corrected chi connectivity index (χ4v) is 3.80. The molecule has 0 saturated carbocycles. The molecule has 0 radical (unpaired) electrons. The van der Waals surface area contributed by atoms with Gasteiger partial charge in [0.05, 0.1) is 6.61 Å². The van der Waals surface area contributed by atoms with Crippen LogP contribution in [0.4, 0.5) is 0 Å². The second kappa shape index (κ2) is 9.90. The molecule has 0 unspecified atom stereocenters. The number of benzene rings is 3. The maximum Gasteiger partial charge on any atom is 0.378 e. The number of ether oxygens (including phenoxy) is 5. The van der Waals surface area contributed by atoms with Gasteiger partial charge in [-0.05, 0) is 11.1 Å². The van der Waals surface area contributed by atoms with Gasteiger partial charge < -0.3 is 23.7 Å². The number of esters is 1. The van der Waals surface area contributed by atoms with E-state index in [1.165, 1.54) is 0 Å². The van der Waals surface area contributed by atoms with E-state index in [0.29, 0.717) is 5.76 Å². The summed E-state index contributed by atoms with van der Waals surface area (Å²) in [4.78, 5) is 12.8. The number of carbonyl (C=O) groups excluding carboxylic acids is 1. The van der Waals surface area contributed by atoms with Gasteiger partial charge in [0.2, 0.25) is 5.76 Å². The molecule has 3 aromatic carbocycles. The summed E-state index contributed by atoms with van der Waals surface area (Å²) >= 11 is 0. The Balaban J connectivity index is 1.36. The first-order chi connectivity index (χ1) is 16.3. The van der Waals surface area contributed by atoms with Crippen LogP contribution >= 0.6 is 0 Å². The molecular formula is C27H24O6. The fraction of sp³-hybridized carbons (Fsp3) is 0.222. The maximum atomic E-state index is 12.8. The average molecular weight is 444 g/mol. The van der Waals surface area contributed by atoms with Gasteiger partial charge in [-0.1, -0.05) is 91.0 Å². The molecule has 6 heteroatoms. The van der Waals surface area contributed by atoms with Crippen LogP contribution in [0.5, 0.6) is 0 Å². The van der Waals surface area contributed by atoms with E-state index in [1.807, 2.05) is 91.0 Å². The Labute approximate surface area is 192 Å². The van der Waals surface area contributed by atoms with Crippen LogP contribution in [-0.2, 0) is 41.7 Å². The summed E-state index contributed by atoms with van der Waals surface area (Å²) in [5.74, 6) is -0.153. The van der Waals surface area contributed by atoms with E-state index in [0.717, 1.165) is 16.7 Å². The van der Waals surface area contributed by atoms with E-state index in [-0.39, 0.29) is 25.6 Å². The summed E-state index contributed by atoms with van der Waals surface area (Å²) in [7, 11) is 0. The van der Waals surface area contributed by atoms with Crippen LogP contribution in [0.2, 0.25) is 0 Å². The summed E-state index contributed by atoms with van der Waals surface area (Å²) in [5.41, 5.74) is 2.81. The summed E-state index contributed by atoms with van der Waals surface area (Å²) in [6.07, 6.45) is -1.79. The Morgan fingerprint density at radius 1 is 0.758 bits per heavy atom. The highest BCUT2D eigenvalue weighted by atomic mass is 16.7. The highest BCUT2D eigenvalue weighted by Gasteiger charge is 2.46. The van der Waals surface area contributed by atoms with Crippen LogP contribution in [0.15, 0.2) is 103 Å². The molecule has 0 N–H and O–H groups in total. The molecule has 0 amide bonds. The zero-order valence-corrected chi connectivity index (χ0v) is 18.0. The summed E-state index contributed by atoms with van der Waals surface area (Å²) < 4.78 is 29.6. The highest BCUT2D eigenvalue weighted by molar-refractivity contribution is 5.89. The lowest BCUT2D eigenvalue weighted by molar-refractivity contribution is -0.150. The second-order valence-electron chi connectivity index (χ2n) is 7.82. The molecule has 6 nitrogen and oxygen atoms in total. The highest BCUT2D eigenvalue weighted by Crippen LogP contribution is 2.36. The molecule has 0 bridgehead atoms. The molecule has 2 heterocycles. The van der Waals surface area contributed by atoms with Gasteiger partial charge in [-0.2, -0.15) is 0 Å². The first-order valence-electron chi connectivity index (χ1n) is 10.9. The SMILES string of the molecule is O=C1O[C@@H]([C@H]2CO[C@H](c3ccccc3)O2)C(OCc2ccccc2)=C1OCc1ccccc1. The molecule has 2 aliphatic rings. The lowest BCUT2D eigenvalue weighted by Crippen LogP contribution is -2.31. The third-order valence-corrected chi connectivity index (χ3v) is 5.48. The Bertz CT molecular complexity index is 1100. The van der Waals surface area contributed by atoms with E-state index < -0.39 is 24.5 Å². The quantitative estimate of drug-likeness (QED) is 0.471. The van der Waals surface area contributed by atoms with Crippen molar-refractivity contribution in [3.05, 3.63) is 119 Å². The zero-order chi connectivity index (χ0) is 22.5. The molecular weight excluding hydrogens is 420 g/mol. The van der Waals surface area contributed by atoms with Crippen molar-refractivity contribution < 1.29 is 28.5 Å². The first-order valence-corrected chi connectivity index (χ1v) is 10.9. The summed E-state index contributed by atoms with van der Waals surface area (Å²) in [6, 6.07) is 29.0. The molecule has 1 saturated heterocycles. The van der Waals surface area contributed by atoms with Gasteiger partial charge in [0.1, 0.15) is 19.3 Å². The van der Waals surface area contributed by atoms with Gasteiger partial charge in [-0.3, -0.25) is 0 Å². The molecule has 168 valence electrons. The van der Waals surface area contributed by atoms with Crippen LogP contribution < -0.4 is 0 Å². The smallest absolute Gasteiger partial charge is 0.378 e. The van der Waals surface area contributed by atoms with Crippen molar-refractivity contribution in [1.82, 2.24) is 0 Å². The molecule has 0 aromatic heterocycles. The molecule has 0 spiro atoms. The number of rotatable bonds is 8. The Morgan fingerprint density at radius 2 is 1.33 bits per heavy atom. The zero-order valence-electron chi connectivity index (χ0n) is 18.0. The topological polar surface area (TPSA) is 63.2 Å². The normalized spacial score (nSPS) is 22.3. The van der Waals surface area contributed by atoms with Crippen LogP contribution in [0, 0.1) is 0 Å². The fourth-order valence-electron chi connectivity index (χ4n) is 3.80. The Morgan fingerprint density at radius 3 is 1.97 bits per heavy atom. The van der Waals surface area contributed by atoms with Crippen molar-refractivity contribution in [2.75, 3.05) is 6.61 Å². The molecule has 3 aromatic rings. The van der Waals surface area contributed by atoms with Gasteiger partial charge in [0, 0.05) is 5.56 Å². The molecule has 0 aliphatic carbocycles. The number of hydrogen-bond acceptors (Lipinski definition) is 6. The maximum absolute atomic E-state index is 12.8. The van der Waals surface area contributed by atoms with Crippen molar-refractivity contribution in [1.29, 1.82) is 0 Å². The minimum absolute atomic E-state index is 0.0755. The number of carbonyl (C=O) groups is 1. The second-order valence-corrected chi connectivity index (χ2v) is 7.82. The lowest BCUT2D eigenvalue weighted by atomic mass is 10.1. The van der Waals surface area contributed by atoms with E-state index in [1.54, 1.807) is 0 Å². The van der Waals surface area contributed by atoms with Crippen molar-refractivity contribution in [2.45, 2.75) is 31.7 Å². The predicted octanol–water partition coefficient (Wildman–Crippen LogP) is 4.67. The van der Waals surface area contributed by atoms with Crippen molar-refractivity contribution >= 4 is 5.97 Å². The van der Waals surface area contributed by atoms with Gasteiger partial charge >= 0.3 is 5.97 Å². The minimum atomic E-state index is -0.749. The third kappa shape index (κ3) is 4.92. The van der Waals surface area contributed by atoms with Gasteiger partial charge in [0.25, 0.3) is 0 Å². The lowest BCUT2D eigenvalue weighted by Gasteiger charge is -2.20. The first kappa shape index (κ1) is 21.2. The number of cyclic esters (lactones) is 1. The van der Waals surface area contributed by atoms with Crippen molar-refractivity contribution in [3.63, 3.8) is 0 Å². The van der Waals surface area contributed by atoms with Crippen molar-refractivity contribution in [3.8, 4) is 0 Å². The molecule has 1 fully saturated rings. The minimum Gasteiger partial charge on any atom is -0.485 e. The molecule has 3 atom stereocenters. The monoisotopic (exact) mass is 444 g/mol. The molecule has 5 rings (SSSR count). The third-order valence-electron chi connectivity index (χ3n) is 5.48. The predicted molar refractivity (Wildman–Crippen MR) is 119 cm³/mol. The van der Waals surface area contributed by atoms with E-state index in [2.05, 4.69) is 0 Å². The van der Waals surface area contributed by atoms with Crippen LogP contribution in [0.25, 0.3) is 0 Å². The Hall–Kier alpha value is -3.61. The Kier molecular flexibility index (Phi) is 6.37. The molecule has 33 heavy (non-hydrogen) atoms. The summed E-state index contributed by atoms with van der Waals surface area (Å²) in [5, 5.41) is 0. The van der Waals surface area contributed by atoms with Gasteiger partial charge in [-0.15, -0.1) is 0 Å². The standard InChI is InChI=1S/C27H24O6/c28-26-25(30-17-20-12-6-2-7-13-20)24(29-16-19-10-4-1-5-11-19)23(33-26)22-18-31-27(32-22)21-14-8-3-9-15-21/h1-15,22-23,27H,16-18H2/t22-,23+,27+/m1/s1. The van der Waals surface area contributed by atoms with Crippen LogP contribution in [0.1, 0.15) is 23.0 Å². The summed E-state index contributed by atoms with van der Waals surface area (Å²) in [6.45, 7) is 0.768. The van der Waals surface area contributed by atoms with Gasteiger partial charge in [0.15, 0.2) is 18.2 Å². The average Bonchev–Trinajstić information content (AvgIpc) is 3.48. The molecule has 2 aliphatic heterocycles. The van der Waals surface area contributed by atoms with E-state index in [9.17, 15) is 4.79 Å². The van der Waals surface area contributed by atoms with E-state index in [4.69, 9.17) is 23.7 Å². The number of hydrogen-bond donors (Lipinski definition) is 0. The largest absolute Gasteiger partial charge is 0.485 e.